The van der Waals surface area contributed by atoms with Gasteiger partial charge in [-0.15, -0.1) is 0 Å². The summed E-state index contributed by atoms with van der Waals surface area (Å²) in [5.41, 5.74) is 11.4. The first-order valence-electron chi connectivity index (χ1n) is 16.3. The van der Waals surface area contributed by atoms with Gasteiger partial charge in [-0.25, -0.2) is 9.78 Å². The van der Waals surface area contributed by atoms with Crippen molar-refractivity contribution in [1.29, 1.82) is 0 Å². The Labute approximate surface area is 267 Å². The molecule has 0 fully saturated rings. The SMILES string of the molecule is CCCCn1c(=O)c(NC(=O)Nc2c(C(C)C)cc(N)cc2C(C)C)c(-c2cccc(OCCCC(C)C)c2)c2cccnc21. The summed E-state index contributed by atoms with van der Waals surface area (Å²) in [6.45, 7) is 15.9. The van der Waals surface area contributed by atoms with Crippen LogP contribution in [0.5, 0.6) is 5.75 Å². The Balaban J connectivity index is 1.83. The number of nitrogens with two attached hydrogens (primary N) is 1. The Morgan fingerprint density at radius 2 is 1.62 bits per heavy atom. The molecule has 2 heterocycles. The molecule has 240 valence electrons. The Hall–Kier alpha value is -4.33. The van der Waals surface area contributed by atoms with E-state index in [-0.39, 0.29) is 23.1 Å². The van der Waals surface area contributed by atoms with Crippen molar-refractivity contribution in [3.63, 3.8) is 0 Å². The number of hydrogen-bond donors (Lipinski definition) is 3. The zero-order valence-electron chi connectivity index (χ0n) is 27.9. The molecule has 0 saturated carbocycles. The summed E-state index contributed by atoms with van der Waals surface area (Å²) in [4.78, 5) is 32.8. The van der Waals surface area contributed by atoms with Crippen LogP contribution in [0.3, 0.4) is 0 Å². The molecule has 2 amide bonds. The molecule has 4 rings (SSSR count). The van der Waals surface area contributed by atoms with E-state index < -0.39 is 6.03 Å². The van der Waals surface area contributed by atoms with Crippen molar-refractivity contribution in [2.24, 2.45) is 5.92 Å². The minimum Gasteiger partial charge on any atom is -0.494 e. The first-order valence-corrected chi connectivity index (χ1v) is 16.3. The highest BCUT2D eigenvalue weighted by molar-refractivity contribution is 6.08. The van der Waals surface area contributed by atoms with Gasteiger partial charge in [-0.2, -0.15) is 0 Å². The first-order chi connectivity index (χ1) is 21.5. The molecule has 0 aliphatic heterocycles. The number of nitrogens with one attached hydrogen (secondary N) is 2. The van der Waals surface area contributed by atoms with Gasteiger partial charge in [0.15, 0.2) is 0 Å². The van der Waals surface area contributed by atoms with E-state index >= 15 is 0 Å². The number of aromatic nitrogens is 2. The van der Waals surface area contributed by atoms with Crippen molar-refractivity contribution in [1.82, 2.24) is 9.55 Å². The molecule has 0 bridgehead atoms. The normalized spacial score (nSPS) is 11.5. The maximum atomic E-state index is 14.3. The first kappa shape index (κ1) is 33.6. The number of hydrogen-bond acceptors (Lipinski definition) is 5. The largest absolute Gasteiger partial charge is 0.494 e. The molecule has 8 nitrogen and oxygen atoms in total. The average molecular weight is 612 g/mol. The van der Waals surface area contributed by atoms with E-state index in [2.05, 4.69) is 64.1 Å². The van der Waals surface area contributed by atoms with Crippen LogP contribution in [-0.2, 0) is 6.54 Å². The Morgan fingerprint density at radius 1 is 0.933 bits per heavy atom. The third-order valence-corrected chi connectivity index (χ3v) is 8.02. The molecular weight excluding hydrogens is 562 g/mol. The third-order valence-electron chi connectivity index (χ3n) is 8.02. The number of amides is 2. The van der Waals surface area contributed by atoms with Crippen molar-refractivity contribution in [3.8, 4) is 16.9 Å². The highest BCUT2D eigenvalue weighted by Crippen LogP contribution is 2.37. The zero-order valence-corrected chi connectivity index (χ0v) is 27.9. The minimum absolute atomic E-state index is 0.123. The van der Waals surface area contributed by atoms with E-state index in [4.69, 9.17) is 10.5 Å². The fraction of sp³-hybridized carbons (Fsp3) is 0.432. The smallest absolute Gasteiger partial charge is 0.323 e. The van der Waals surface area contributed by atoms with Crippen molar-refractivity contribution in [2.45, 2.75) is 92.5 Å². The van der Waals surface area contributed by atoms with Crippen molar-refractivity contribution >= 4 is 34.1 Å². The highest BCUT2D eigenvalue weighted by Gasteiger charge is 2.23. The lowest BCUT2D eigenvalue weighted by molar-refractivity contribution is 0.262. The average Bonchev–Trinajstić information content (AvgIpc) is 3.00. The second-order valence-electron chi connectivity index (χ2n) is 12.8. The summed E-state index contributed by atoms with van der Waals surface area (Å²) in [5, 5.41) is 6.85. The van der Waals surface area contributed by atoms with Crippen LogP contribution in [0.1, 0.15) is 97.1 Å². The number of carbonyl (C=O) groups is 1. The predicted molar refractivity (Wildman–Crippen MR) is 188 cm³/mol. The van der Waals surface area contributed by atoms with Gasteiger partial charge < -0.3 is 21.1 Å². The van der Waals surface area contributed by atoms with Crippen LogP contribution in [0.25, 0.3) is 22.2 Å². The van der Waals surface area contributed by atoms with Crippen LogP contribution in [0, 0.1) is 5.92 Å². The zero-order chi connectivity index (χ0) is 32.7. The highest BCUT2D eigenvalue weighted by atomic mass is 16.5. The van der Waals surface area contributed by atoms with Crippen LogP contribution in [0.2, 0.25) is 0 Å². The predicted octanol–water partition coefficient (Wildman–Crippen LogP) is 9.15. The molecule has 4 aromatic rings. The summed E-state index contributed by atoms with van der Waals surface area (Å²) in [7, 11) is 0. The molecule has 2 aromatic heterocycles. The lowest BCUT2D eigenvalue weighted by Crippen LogP contribution is -2.30. The summed E-state index contributed by atoms with van der Waals surface area (Å²) >= 11 is 0. The molecule has 0 atom stereocenters. The van der Waals surface area contributed by atoms with Gasteiger partial charge in [0.1, 0.15) is 17.1 Å². The molecule has 0 spiro atoms. The van der Waals surface area contributed by atoms with Crippen molar-refractivity contribution in [2.75, 3.05) is 23.0 Å². The van der Waals surface area contributed by atoms with Gasteiger partial charge in [-0.05, 0) is 90.1 Å². The van der Waals surface area contributed by atoms with E-state index in [1.165, 1.54) is 0 Å². The topological polar surface area (TPSA) is 111 Å². The van der Waals surface area contributed by atoms with E-state index in [0.29, 0.717) is 41.7 Å². The van der Waals surface area contributed by atoms with Gasteiger partial charge in [0.25, 0.3) is 5.56 Å². The maximum Gasteiger partial charge on any atom is 0.323 e. The van der Waals surface area contributed by atoms with E-state index in [9.17, 15) is 9.59 Å². The Bertz CT molecular complexity index is 1660. The summed E-state index contributed by atoms with van der Waals surface area (Å²) < 4.78 is 7.78. The van der Waals surface area contributed by atoms with Gasteiger partial charge in [0, 0.05) is 35.1 Å². The number of aryl methyl sites for hydroxylation is 1. The maximum absolute atomic E-state index is 14.3. The lowest BCUT2D eigenvalue weighted by atomic mass is 9.92. The second-order valence-corrected chi connectivity index (χ2v) is 12.8. The van der Waals surface area contributed by atoms with Gasteiger partial charge in [-0.3, -0.25) is 9.36 Å². The molecule has 45 heavy (non-hydrogen) atoms. The van der Waals surface area contributed by atoms with Crippen LogP contribution in [0.15, 0.2) is 59.5 Å². The van der Waals surface area contributed by atoms with Gasteiger partial charge in [0.05, 0.1) is 6.61 Å². The minimum atomic E-state index is -0.492. The number of unbranched alkanes of at least 4 members (excludes halogenated alkanes) is 1. The van der Waals surface area contributed by atoms with Gasteiger partial charge in [0.2, 0.25) is 0 Å². The number of anilines is 3. The van der Waals surface area contributed by atoms with Crippen molar-refractivity contribution in [3.05, 3.63) is 76.2 Å². The number of nitrogen functional groups attached to an aromatic ring is 1. The van der Waals surface area contributed by atoms with E-state index in [1.807, 2.05) is 48.5 Å². The standard InChI is InChI=1S/C37H49N5O3/c1-8-9-18-42-35-29(16-11-17-39-35)32(26-14-10-15-28(20-26)45-19-12-13-23(2)3)34(36(42)43)41-37(44)40-33-30(24(4)5)21-27(38)22-31(33)25(6)7/h10-11,14-17,20-25H,8-9,12-13,18-19,38H2,1-7H3,(H2,40,41,44). The van der Waals surface area contributed by atoms with E-state index in [1.54, 1.807) is 10.8 Å². The molecule has 0 aliphatic carbocycles. The number of benzene rings is 2. The number of pyridine rings is 2. The number of ether oxygens (including phenoxy) is 1. The molecule has 0 saturated heterocycles. The number of fused-ring (bicyclic) bond motifs is 1. The van der Waals surface area contributed by atoms with Crippen LogP contribution >= 0.6 is 0 Å². The van der Waals surface area contributed by atoms with Crippen molar-refractivity contribution < 1.29 is 9.53 Å². The Kier molecular flexibility index (Phi) is 11.3. The summed E-state index contributed by atoms with van der Waals surface area (Å²) in [6, 6.07) is 14.8. The summed E-state index contributed by atoms with van der Waals surface area (Å²) in [5.74, 6) is 1.57. The molecular formula is C37H49N5O3. The fourth-order valence-electron chi connectivity index (χ4n) is 5.67. The lowest BCUT2D eigenvalue weighted by Gasteiger charge is -2.22. The van der Waals surface area contributed by atoms with Gasteiger partial charge >= 0.3 is 6.03 Å². The van der Waals surface area contributed by atoms with Gasteiger partial charge in [-0.1, -0.05) is 67.0 Å². The van der Waals surface area contributed by atoms with Crippen LogP contribution in [-0.4, -0.2) is 22.2 Å². The molecule has 0 radical (unpaired) electrons. The molecule has 8 heteroatoms. The van der Waals surface area contributed by atoms with Crippen LogP contribution < -0.4 is 26.7 Å². The monoisotopic (exact) mass is 611 g/mol. The third kappa shape index (κ3) is 8.04. The number of carbonyl (C=O) groups excluding carboxylic acids is 1. The molecule has 0 unspecified atom stereocenters. The second kappa shape index (κ2) is 15.1. The van der Waals surface area contributed by atoms with E-state index in [0.717, 1.165) is 53.4 Å². The van der Waals surface area contributed by atoms with Crippen LogP contribution in [0.4, 0.5) is 21.9 Å². The Morgan fingerprint density at radius 3 is 2.27 bits per heavy atom. The molecule has 0 aliphatic rings. The number of urea groups is 1. The number of nitrogens with zero attached hydrogens (tertiary/aromatic N) is 2. The summed E-state index contributed by atoms with van der Waals surface area (Å²) in [6.07, 6.45) is 5.45. The fourth-order valence-corrected chi connectivity index (χ4v) is 5.67. The molecule has 4 N–H and O–H groups in total. The molecule has 2 aromatic carbocycles. The number of rotatable bonds is 13. The quantitative estimate of drug-likeness (QED) is 0.103.